The second kappa shape index (κ2) is 8.37. The Morgan fingerprint density at radius 1 is 1.06 bits per heavy atom. The average Bonchev–Trinajstić information content (AvgIpc) is 3.20. The number of rotatable bonds is 2. The molecule has 166 valence electrons. The zero-order valence-corrected chi connectivity index (χ0v) is 17.5. The summed E-state index contributed by atoms with van der Waals surface area (Å²) in [6, 6.07) is 9.40. The summed E-state index contributed by atoms with van der Waals surface area (Å²) >= 11 is 0. The lowest BCUT2D eigenvalue weighted by Gasteiger charge is -2.43. The highest BCUT2D eigenvalue weighted by atomic mass is 16.5. The molecule has 4 N–H and O–H groups in total. The summed E-state index contributed by atoms with van der Waals surface area (Å²) in [4.78, 5) is 0. The smallest absolute Gasteiger partial charge is 0.191 e. The Morgan fingerprint density at radius 3 is 2.53 bits per heavy atom. The van der Waals surface area contributed by atoms with Crippen LogP contribution < -0.4 is 0 Å². The average molecular weight is 434 g/mol. The highest BCUT2D eigenvalue weighted by molar-refractivity contribution is 5.41. The molecule has 7 nitrogen and oxygen atoms in total. The quantitative estimate of drug-likeness (QED) is 0.512. The number of fused-ring (bicyclic) bond motifs is 1. The van der Waals surface area contributed by atoms with Gasteiger partial charge < -0.3 is 25.2 Å². The lowest BCUT2D eigenvalue weighted by Crippen LogP contribution is -2.65. The summed E-state index contributed by atoms with van der Waals surface area (Å²) in [6.07, 6.45) is 1.70. The monoisotopic (exact) mass is 434 g/mol. The SMILES string of the molecule is OC[C@H]1O[C@H](C#Cc2cnn(C3C[C@@H]4C[C@@H]4C3)c2)[C@](O)(C#Cc2ccccc2)[C@@H](O)[C@@H]1O. The van der Waals surface area contributed by atoms with E-state index in [0.29, 0.717) is 17.2 Å². The van der Waals surface area contributed by atoms with E-state index in [9.17, 15) is 20.4 Å². The third-order valence-electron chi connectivity index (χ3n) is 6.77. The lowest BCUT2D eigenvalue weighted by molar-refractivity contribution is -0.239. The Morgan fingerprint density at radius 2 is 1.81 bits per heavy atom. The van der Waals surface area contributed by atoms with Crippen LogP contribution in [0.4, 0.5) is 0 Å². The molecule has 2 saturated carbocycles. The summed E-state index contributed by atoms with van der Waals surface area (Å²) in [5, 5.41) is 46.1. The fraction of sp³-hybridized carbons (Fsp3) is 0.480. The molecule has 8 atom stereocenters. The van der Waals surface area contributed by atoms with E-state index in [2.05, 4.69) is 28.8 Å². The number of aliphatic hydroxyl groups is 4. The fourth-order valence-electron chi connectivity index (χ4n) is 4.76. The third-order valence-corrected chi connectivity index (χ3v) is 6.77. The fourth-order valence-corrected chi connectivity index (χ4v) is 4.76. The molecular formula is C25H26N2O5. The van der Waals surface area contributed by atoms with E-state index >= 15 is 0 Å². The van der Waals surface area contributed by atoms with E-state index < -0.39 is 36.6 Å². The number of nitrogens with zero attached hydrogens (tertiary/aromatic N) is 2. The van der Waals surface area contributed by atoms with Crippen molar-refractivity contribution in [3.8, 4) is 23.7 Å². The van der Waals surface area contributed by atoms with E-state index in [1.54, 1.807) is 30.5 Å². The molecule has 2 heterocycles. The Labute approximate surface area is 186 Å². The summed E-state index contributed by atoms with van der Waals surface area (Å²) in [5.41, 5.74) is -0.848. The van der Waals surface area contributed by atoms with Crippen molar-refractivity contribution in [3.63, 3.8) is 0 Å². The van der Waals surface area contributed by atoms with Crippen LogP contribution >= 0.6 is 0 Å². The maximum Gasteiger partial charge on any atom is 0.191 e. The number of ether oxygens (including phenoxy) is 1. The van der Waals surface area contributed by atoms with E-state index in [1.807, 2.05) is 16.9 Å². The van der Waals surface area contributed by atoms with Gasteiger partial charge >= 0.3 is 0 Å². The molecule has 1 aromatic heterocycles. The number of aromatic nitrogens is 2. The van der Waals surface area contributed by atoms with Gasteiger partial charge in [0.25, 0.3) is 0 Å². The van der Waals surface area contributed by atoms with Crippen molar-refractivity contribution in [2.75, 3.05) is 6.61 Å². The first-order valence-electron chi connectivity index (χ1n) is 11.0. The Hall–Kier alpha value is -2.65. The Kier molecular flexibility index (Phi) is 5.54. The van der Waals surface area contributed by atoms with Gasteiger partial charge in [0.05, 0.1) is 24.4 Å². The topological polar surface area (TPSA) is 108 Å². The van der Waals surface area contributed by atoms with Crippen molar-refractivity contribution in [1.82, 2.24) is 9.78 Å². The molecule has 0 spiro atoms. The number of hydrogen-bond acceptors (Lipinski definition) is 6. The second-order valence-corrected chi connectivity index (χ2v) is 8.97. The predicted molar refractivity (Wildman–Crippen MR) is 115 cm³/mol. The summed E-state index contributed by atoms with van der Waals surface area (Å²) in [6.45, 7) is -0.527. The molecule has 1 aliphatic heterocycles. The first kappa shape index (κ1) is 21.2. The van der Waals surface area contributed by atoms with Gasteiger partial charge in [-0.25, -0.2) is 0 Å². The van der Waals surface area contributed by atoms with Crippen LogP contribution in [0.3, 0.4) is 0 Å². The van der Waals surface area contributed by atoms with Gasteiger partial charge in [-0.15, -0.1) is 0 Å². The molecule has 7 heteroatoms. The van der Waals surface area contributed by atoms with E-state index in [-0.39, 0.29) is 0 Å². The standard InChI is InChI=1S/C25H26N2O5/c28-15-21-23(29)24(30)25(31,9-8-16-4-2-1-3-5-16)22(32-21)7-6-17-13-26-27(14-17)20-11-18-10-19(18)12-20/h1-5,13-14,18-24,28-31H,10-12,15H2/t18-,19+,20?,21-,22-,23-,24+,25-/m1/s1. The van der Waals surface area contributed by atoms with Crippen molar-refractivity contribution in [2.24, 2.45) is 11.8 Å². The largest absolute Gasteiger partial charge is 0.394 e. The van der Waals surface area contributed by atoms with Gasteiger partial charge in [0, 0.05) is 11.8 Å². The van der Waals surface area contributed by atoms with Crippen LogP contribution in [-0.4, -0.2) is 66.8 Å². The van der Waals surface area contributed by atoms with E-state index in [4.69, 9.17) is 4.74 Å². The number of benzene rings is 1. The lowest BCUT2D eigenvalue weighted by atomic mass is 9.82. The molecule has 3 aliphatic rings. The zero-order chi connectivity index (χ0) is 22.3. The normalized spacial score (nSPS) is 37.6. The number of aliphatic hydroxyl groups excluding tert-OH is 3. The minimum atomic E-state index is -2.14. The zero-order valence-electron chi connectivity index (χ0n) is 17.5. The minimum absolute atomic E-state index is 0.407. The Bertz CT molecular complexity index is 1080. The molecule has 1 unspecified atom stereocenters. The summed E-state index contributed by atoms with van der Waals surface area (Å²) < 4.78 is 7.61. The van der Waals surface area contributed by atoms with Crippen LogP contribution in [0.25, 0.3) is 0 Å². The molecule has 0 amide bonds. The van der Waals surface area contributed by atoms with E-state index in [0.717, 1.165) is 24.7 Å². The Balaban J connectivity index is 1.41. The highest BCUT2D eigenvalue weighted by Gasteiger charge is 2.53. The predicted octanol–water partition coefficient (Wildman–Crippen LogP) is 0.470. The highest BCUT2D eigenvalue weighted by Crippen LogP contribution is 2.55. The maximum absolute atomic E-state index is 11.2. The summed E-state index contributed by atoms with van der Waals surface area (Å²) in [5.74, 6) is 13.0. The third kappa shape index (κ3) is 3.95. The van der Waals surface area contributed by atoms with Crippen molar-refractivity contribution >= 4 is 0 Å². The maximum atomic E-state index is 11.2. The van der Waals surface area contributed by atoms with Crippen LogP contribution in [0.1, 0.15) is 36.4 Å². The van der Waals surface area contributed by atoms with Crippen LogP contribution in [0.15, 0.2) is 42.7 Å². The molecular weight excluding hydrogens is 408 g/mol. The molecule has 5 rings (SSSR count). The van der Waals surface area contributed by atoms with Gasteiger partial charge in [0.15, 0.2) is 11.7 Å². The molecule has 0 bridgehead atoms. The molecule has 1 aromatic carbocycles. The van der Waals surface area contributed by atoms with Crippen molar-refractivity contribution < 1.29 is 25.2 Å². The van der Waals surface area contributed by atoms with E-state index in [1.165, 1.54) is 6.42 Å². The first-order chi connectivity index (χ1) is 15.5. The molecule has 1 saturated heterocycles. The molecule has 0 radical (unpaired) electrons. The molecule has 32 heavy (non-hydrogen) atoms. The van der Waals surface area contributed by atoms with Gasteiger partial charge in [-0.05, 0) is 43.2 Å². The molecule has 2 aromatic rings. The van der Waals surface area contributed by atoms with Crippen LogP contribution in [0.5, 0.6) is 0 Å². The van der Waals surface area contributed by atoms with Gasteiger partial charge in [0.1, 0.15) is 18.3 Å². The summed E-state index contributed by atoms with van der Waals surface area (Å²) in [7, 11) is 0. The second-order valence-electron chi connectivity index (χ2n) is 8.97. The van der Waals surface area contributed by atoms with Gasteiger partial charge in [0.2, 0.25) is 0 Å². The van der Waals surface area contributed by atoms with Gasteiger partial charge in [-0.2, -0.15) is 5.10 Å². The van der Waals surface area contributed by atoms with Crippen LogP contribution in [0.2, 0.25) is 0 Å². The van der Waals surface area contributed by atoms with Gasteiger partial charge in [-0.1, -0.05) is 41.9 Å². The van der Waals surface area contributed by atoms with Gasteiger partial charge in [-0.3, -0.25) is 4.68 Å². The number of hydrogen-bond donors (Lipinski definition) is 4. The van der Waals surface area contributed by atoms with Crippen molar-refractivity contribution in [2.45, 2.75) is 55.3 Å². The van der Waals surface area contributed by atoms with Crippen LogP contribution in [0, 0.1) is 35.5 Å². The first-order valence-corrected chi connectivity index (χ1v) is 11.0. The van der Waals surface area contributed by atoms with Crippen LogP contribution in [-0.2, 0) is 4.74 Å². The van der Waals surface area contributed by atoms with Crippen molar-refractivity contribution in [1.29, 1.82) is 0 Å². The molecule has 2 aliphatic carbocycles. The minimum Gasteiger partial charge on any atom is -0.394 e. The molecule has 3 fully saturated rings. The van der Waals surface area contributed by atoms with Crippen molar-refractivity contribution in [3.05, 3.63) is 53.9 Å².